The maximum Gasteiger partial charge on any atom is 0.283 e. The van der Waals surface area contributed by atoms with E-state index >= 15 is 0 Å². The van der Waals surface area contributed by atoms with Gasteiger partial charge in [-0.1, -0.05) is 12.1 Å². The Hall–Kier alpha value is -3.18. The van der Waals surface area contributed by atoms with Crippen LogP contribution < -0.4 is 4.74 Å². The minimum Gasteiger partial charge on any atom is -0.495 e. The number of aromatic nitrogens is 1. The third kappa shape index (κ3) is 3.59. The molecule has 1 amide bonds. The fourth-order valence-electron chi connectivity index (χ4n) is 3.40. The molecule has 2 aliphatic heterocycles. The van der Waals surface area contributed by atoms with E-state index in [2.05, 4.69) is 10.1 Å². The van der Waals surface area contributed by atoms with Crippen molar-refractivity contribution < 1.29 is 17.9 Å². The van der Waals surface area contributed by atoms with Gasteiger partial charge in [-0.25, -0.2) is 8.42 Å². The van der Waals surface area contributed by atoms with E-state index in [9.17, 15) is 13.2 Å². The first-order chi connectivity index (χ1) is 14.6. The highest BCUT2D eigenvalue weighted by Gasteiger charge is 2.38. The molecule has 11 heteroatoms. The molecule has 3 heterocycles. The van der Waals surface area contributed by atoms with Crippen LogP contribution >= 0.6 is 11.8 Å². The van der Waals surface area contributed by atoms with E-state index in [4.69, 9.17) is 10.1 Å². The number of rotatable bonds is 3. The number of hydrogen-bond donors (Lipinski definition) is 1. The van der Waals surface area contributed by atoms with Gasteiger partial charge in [0.05, 0.1) is 18.4 Å². The normalized spacial score (nSPS) is 17.7. The fourth-order valence-corrected chi connectivity index (χ4v) is 5.08. The number of hydrazone groups is 1. The number of carbonyl (C=O) groups is 1. The molecule has 0 bridgehead atoms. The minimum absolute atomic E-state index is 0.0307. The number of aryl methyl sites for hydroxylation is 1. The van der Waals surface area contributed by atoms with Crippen molar-refractivity contribution in [3.63, 3.8) is 0 Å². The molecule has 1 N–H and O–H groups in total. The zero-order chi connectivity index (χ0) is 22.5. The van der Waals surface area contributed by atoms with E-state index in [1.54, 1.807) is 13.2 Å². The average Bonchev–Trinajstić information content (AvgIpc) is 3.26. The van der Waals surface area contributed by atoms with Crippen molar-refractivity contribution in [2.24, 2.45) is 10.1 Å². The molecule has 9 nitrogen and oxygen atoms in total. The molecule has 0 fully saturated rings. The maximum atomic E-state index is 12.6. The van der Waals surface area contributed by atoms with Crippen molar-refractivity contribution in [1.82, 2.24) is 9.58 Å². The molecule has 0 saturated heterocycles. The first kappa shape index (κ1) is 21.1. The number of amides is 1. The lowest BCUT2D eigenvalue weighted by atomic mass is 10.1. The van der Waals surface area contributed by atoms with Gasteiger partial charge in [-0.2, -0.15) is 10.0 Å². The Morgan fingerprint density at radius 1 is 1.23 bits per heavy atom. The topological polar surface area (TPSA) is 117 Å². The summed E-state index contributed by atoms with van der Waals surface area (Å²) in [5, 5.41) is 13.5. The van der Waals surface area contributed by atoms with Crippen LogP contribution in [0.1, 0.15) is 17.0 Å². The number of para-hydroxylation sites is 2. The summed E-state index contributed by atoms with van der Waals surface area (Å²) in [5.41, 5.74) is 3.38. The first-order valence-corrected chi connectivity index (χ1v) is 11.8. The molecule has 4 rings (SSSR count). The van der Waals surface area contributed by atoms with E-state index in [-0.39, 0.29) is 21.0 Å². The Labute approximate surface area is 183 Å². The number of methoxy groups -OCH3 is 1. The summed E-state index contributed by atoms with van der Waals surface area (Å²) in [5.74, 6) is -0.130. The summed E-state index contributed by atoms with van der Waals surface area (Å²) in [6.07, 6.45) is 2.60. The third-order valence-corrected chi connectivity index (χ3v) is 7.43. The summed E-state index contributed by atoms with van der Waals surface area (Å²) in [6, 6.07) is 9.50. The fraction of sp³-hybridized carbons (Fsp3) is 0.200. The number of carbonyl (C=O) groups excluding carboxylic acids is 1. The smallest absolute Gasteiger partial charge is 0.283 e. The molecule has 2 aromatic rings. The molecule has 31 heavy (non-hydrogen) atoms. The van der Waals surface area contributed by atoms with Crippen LogP contribution in [0, 0.1) is 19.3 Å². The number of amidine groups is 2. The summed E-state index contributed by atoms with van der Waals surface area (Å²) < 4.78 is 30.9. The zero-order valence-electron chi connectivity index (χ0n) is 17.2. The van der Waals surface area contributed by atoms with E-state index < -0.39 is 15.7 Å². The quantitative estimate of drug-likeness (QED) is 0.708. The molecule has 0 unspecified atom stereocenters. The lowest BCUT2D eigenvalue weighted by Gasteiger charge is -2.20. The van der Waals surface area contributed by atoms with E-state index in [0.29, 0.717) is 5.75 Å². The van der Waals surface area contributed by atoms with Gasteiger partial charge in [-0.05, 0) is 55.4 Å². The Morgan fingerprint density at radius 2 is 1.94 bits per heavy atom. The average molecular weight is 458 g/mol. The molecule has 0 spiro atoms. The van der Waals surface area contributed by atoms with Gasteiger partial charge in [-0.15, -0.1) is 5.10 Å². The highest BCUT2D eigenvalue weighted by molar-refractivity contribution is 8.42. The lowest BCUT2D eigenvalue weighted by Crippen LogP contribution is -2.35. The van der Waals surface area contributed by atoms with Crippen LogP contribution in [-0.4, -0.2) is 52.6 Å². The number of nitrogens with one attached hydrogen (secondary N) is 1. The summed E-state index contributed by atoms with van der Waals surface area (Å²) in [6.45, 7) is 3.84. The summed E-state index contributed by atoms with van der Waals surface area (Å²) in [4.78, 5) is 16.5. The second-order valence-corrected chi connectivity index (χ2v) is 10.1. The zero-order valence-corrected chi connectivity index (χ0v) is 18.8. The Balaban J connectivity index is 1.78. The van der Waals surface area contributed by atoms with Gasteiger partial charge in [0, 0.05) is 17.6 Å². The Morgan fingerprint density at radius 3 is 2.61 bits per heavy atom. The number of nitrogens with zero attached hydrogens (tertiary/aromatic N) is 4. The van der Waals surface area contributed by atoms with Crippen molar-refractivity contribution in [2.75, 3.05) is 13.4 Å². The molecule has 1 aromatic heterocycles. The number of fused-ring (bicyclic) bond motifs is 1. The van der Waals surface area contributed by atoms with Crippen molar-refractivity contribution >= 4 is 49.0 Å². The van der Waals surface area contributed by atoms with Gasteiger partial charge in [-0.3, -0.25) is 10.2 Å². The van der Waals surface area contributed by atoms with E-state index in [1.165, 1.54) is 0 Å². The molecule has 0 saturated carbocycles. The number of sulfone groups is 1. The van der Waals surface area contributed by atoms with Crippen LogP contribution in [-0.2, 0) is 14.6 Å². The van der Waals surface area contributed by atoms with Crippen LogP contribution in [0.4, 0.5) is 0 Å². The molecule has 0 aliphatic carbocycles. The van der Waals surface area contributed by atoms with E-state index in [1.807, 2.05) is 48.7 Å². The number of thioether (sulfide) groups is 1. The van der Waals surface area contributed by atoms with Gasteiger partial charge < -0.3 is 9.30 Å². The molecular weight excluding hydrogens is 438 g/mol. The molecule has 160 valence electrons. The van der Waals surface area contributed by atoms with E-state index in [0.717, 1.165) is 45.7 Å². The lowest BCUT2D eigenvalue weighted by molar-refractivity contribution is -0.114. The number of ether oxygens (including phenoxy) is 1. The van der Waals surface area contributed by atoms with Crippen LogP contribution in [0.25, 0.3) is 11.8 Å². The van der Waals surface area contributed by atoms with Gasteiger partial charge >= 0.3 is 0 Å². The third-order valence-electron chi connectivity index (χ3n) is 4.85. The van der Waals surface area contributed by atoms with Crippen molar-refractivity contribution in [3.05, 3.63) is 52.9 Å². The summed E-state index contributed by atoms with van der Waals surface area (Å²) >= 11 is 0.760. The standard InChI is InChI=1S/C20H19N5O4S2/c1-11-9-13(12(2)24(11)15-7-5-6-8-16(15)29-3)10-14-17(21)25-19(22-18(14)26)30-20(23-25)31(4,27)28/h5-10,21H,1-4H3/b14-10-,21-17?. The highest BCUT2D eigenvalue weighted by atomic mass is 32.3. The van der Waals surface area contributed by atoms with Crippen molar-refractivity contribution in [3.8, 4) is 11.4 Å². The van der Waals surface area contributed by atoms with Crippen molar-refractivity contribution in [1.29, 1.82) is 5.41 Å². The van der Waals surface area contributed by atoms with Gasteiger partial charge in [0.2, 0.25) is 19.4 Å². The molecule has 0 atom stereocenters. The first-order valence-electron chi connectivity index (χ1n) is 9.14. The largest absolute Gasteiger partial charge is 0.495 e. The van der Waals surface area contributed by atoms with Crippen molar-refractivity contribution in [2.45, 2.75) is 13.8 Å². The predicted octanol–water partition coefficient (Wildman–Crippen LogP) is 2.72. The molecule has 2 aliphatic rings. The van der Waals surface area contributed by atoms with Gasteiger partial charge in [0.25, 0.3) is 5.91 Å². The Kier molecular flexibility index (Phi) is 5.10. The molecule has 0 radical (unpaired) electrons. The second-order valence-electron chi connectivity index (χ2n) is 6.99. The monoisotopic (exact) mass is 457 g/mol. The Bertz CT molecular complexity index is 1340. The van der Waals surface area contributed by atoms with Crippen LogP contribution in [0.5, 0.6) is 5.75 Å². The maximum absolute atomic E-state index is 12.6. The van der Waals surface area contributed by atoms with Crippen LogP contribution in [0.2, 0.25) is 0 Å². The molecular formula is C20H19N5O4S2. The summed E-state index contributed by atoms with van der Waals surface area (Å²) in [7, 11) is -1.97. The SMILES string of the molecule is COc1ccccc1-n1c(C)cc(/C=C2/C(=N)N3N=C(S(C)(=O)=O)SC3=NC2=O)c1C. The van der Waals surface area contributed by atoms with Crippen LogP contribution in [0.3, 0.4) is 0 Å². The number of benzene rings is 1. The number of aliphatic imine (C=N–C) groups is 1. The van der Waals surface area contributed by atoms with Crippen LogP contribution in [0.15, 0.2) is 46.0 Å². The second kappa shape index (κ2) is 7.50. The van der Waals surface area contributed by atoms with Gasteiger partial charge in [0.15, 0.2) is 5.84 Å². The predicted molar refractivity (Wildman–Crippen MR) is 122 cm³/mol. The minimum atomic E-state index is -3.58. The number of hydrogen-bond acceptors (Lipinski definition) is 7. The molecule has 1 aromatic carbocycles. The highest BCUT2D eigenvalue weighted by Crippen LogP contribution is 2.32. The van der Waals surface area contributed by atoms with Gasteiger partial charge in [0.1, 0.15) is 5.75 Å².